The van der Waals surface area contributed by atoms with Crippen molar-refractivity contribution < 1.29 is 22.7 Å². The molecule has 1 N–H and O–H groups in total. The number of hydrogen-bond acceptors (Lipinski definition) is 5. The van der Waals surface area contributed by atoms with Gasteiger partial charge in [-0.25, -0.2) is 17.5 Å². The Labute approximate surface area is 201 Å². The molecule has 0 bridgehead atoms. The van der Waals surface area contributed by atoms with Gasteiger partial charge in [-0.05, 0) is 43.2 Å². The van der Waals surface area contributed by atoms with Crippen molar-refractivity contribution in [2.24, 2.45) is 5.92 Å². The number of anilines is 1. The molecule has 0 spiro atoms. The summed E-state index contributed by atoms with van der Waals surface area (Å²) < 4.78 is 31.9. The van der Waals surface area contributed by atoms with E-state index in [1.165, 1.54) is 23.5 Å². The summed E-state index contributed by atoms with van der Waals surface area (Å²) in [5.41, 5.74) is 0.818. The topological polar surface area (TPSA) is 92.8 Å². The van der Waals surface area contributed by atoms with Gasteiger partial charge < -0.3 is 10.1 Å². The first-order chi connectivity index (χ1) is 15.1. The Hall–Kier alpha value is -1.84. The highest BCUT2D eigenvalue weighted by atomic mass is 35.5. The molecule has 1 amide bonds. The number of esters is 1. The molecule has 1 aliphatic rings. The van der Waals surface area contributed by atoms with Crippen LogP contribution in [0, 0.1) is 5.92 Å². The minimum absolute atomic E-state index is 0.0354. The van der Waals surface area contributed by atoms with Crippen LogP contribution >= 0.6 is 34.8 Å². The van der Waals surface area contributed by atoms with E-state index < -0.39 is 21.9 Å². The first kappa shape index (κ1) is 24.8. The molecule has 1 atom stereocenters. The van der Waals surface area contributed by atoms with Crippen molar-refractivity contribution >= 4 is 62.4 Å². The smallest absolute Gasteiger partial charge is 0.339 e. The van der Waals surface area contributed by atoms with Gasteiger partial charge in [0.15, 0.2) is 0 Å². The molecule has 0 aromatic heterocycles. The van der Waals surface area contributed by atoms with Gasteiger partial charge >= 0.3 is 5.97 Å². The predicted molar refractivity (Wildman–Crippen MR) is 125 cm³/mol. The van der Waals surface area contributed by atoms with Crippen molar-refractivity contribution in [3.05, 3.63) is 62.6 Å². The number of amides is 1. The van der Waals surface area contributed by atoms with Crippen molar-refractivity contribution in [1.82, 2.24) is 4.31 Å². The Balaban J connectivity index is 1.71. The molecule has 172 valence electrons. The van der Waals surface area contributed by atoms with Crippen molar-refractivity contribution in [3.8, 4) is 0 Å². The molecular weight excluding hydrogens is 499 g/mol. The Morgan fingerprint density at radius 3 is 2.47 bits per heavy atom. The van der Waals surface area contributed by atoms with E-state index in [1.54, 1.807) is 24.3 Å². The van der Waals surface area contributed by atoms with Gasteiger partial charge in [-0.2, -0.15) is 0 Å². The van der Waals surface area contributed by atoms with E-state index in [0.29, 0.717) is 30.6 Å². The van der Waals surface area contributed by atoms with Crippen LogP contribution in [-0.2, 0) is 25.3 Å². The second kappa shape index (κ2) is 10.4. The number of nitrogens with zero attached hydrogens (tertiary/aromatic N) is 1. The van der Waals surface area contributed by atoms with Crippen LogP contribution in [-0.4, -0.2) is 44.8 Å². The molecule has 1 unspecified atom stereocenters. The molecule has 2 aromatic carbocycles. The van der Waals surface area contributed by atoms with Crippen LogP contribution in [0.5, 0.6) is 0 Å². The van der Waals surface area contributed by atoms with Gasteiger partial charge in [0.2, 0.25) is 15.9 Å². The SMILES string of the molecule is COC(=O)c1cc(NC(=O)C2CCCN(S(=O)(=O)Cc3c(Cl)cccc3Cl)C2)ccc1Cl. The van der Waals surface area contributed by atoms with E-state index >= 15 is 0 Å². The number of sulfonamides is 1. The minimum atomic E-state index is -3.74. The third-order valence-electron chi connectivity index (χ3n) is 5.18. The zero-order valence-electron chi connectivity index (χ0n) is 17.1. The van der Waals surface area contributed by atoms with Gasteiger partial charge in [0.05, 0.1) is 29.4 Å². The summed E-state index contributed by atoms with van der Waals surface area (Å²) in [7, 11) is -2.51. The third kappa shape index (κ3) is 5.74. The average Bonchev–Trinajstić information content (AvgIpc) is 2.77. The molecule has 1 aliphatic heterocycles. The summed E-state index contributed by atoms with van der Waals surface area (Å²) in [6.45, 7) is 0.343. The van der Waals surface area contributed by atoms with E-state index in [2.05, 4.69) is 10.1 Å². The zero-order chi connectivity index (χ0) is 23.5. The number of carbonyl (C=O) groups excluding carboxylic acids is 2. The lowest BCUT2D eigenvalue weighted by Crippen LogP contribution is -2.44. The van der Waals surface area contributed by atoms with Gasteiger partial charge in [-0.15, -0.1) is 0 Å². The second-order valence-corrected chi connectivity index (χ2v) is 10.5. The molecule has 1 heterocycles. The van der Waals surface area contributed by atoms with Gasteiger partial charge in [0.1, 0.15) is 0 Å². The normalized spacial score (nSPS) is 17.1. The summed E-state index contributed by atoms with van der Waals surface area (Å²) in [6, 6.07) is 9.27. The van der Waals surface area contributed by atoms with Gasteiger partial charge in [-0.3, -0.25) is 4.79 Å². The summed E-state index contributed by atoms with van der Waals surface area (Å²) in [4.78, 5) is 24.6. The molecule has 0 aliphatic carbocycles. The summed E-state index contributed by atoms with van der Waals surface area (Å²) in [6.07, 6.45) is 1.06. The fourth-order valence-corrected chi connectivity index (χ4v) is 6.02. The van der Waals surface area contributed by atoms with Crippen molar-refractivity contribution in [3.63, 3.8) is 0 Å². The molecule has 11 heteroatoms. The number of hydrogen-bond donors (Lipinski definition) is 1. The number of benzene rings is 2. The van der Waals surface area contributed by atoms with Crippen molar-refractivity contribution in [1.29, 1.82) is 0 Å². The van der Waals surface area contributed by atoms with Gasteiger partial charge in [0.25, 0.3) is 0 Å². The fourth-order valence-electron chi connectivity index (χ4n) is 3.47. The van der Waals surface area contributed by atoms with Gasteiger partial charge in [-0.1, -0.05) is 40.9 Å². The maximum atomic E-state index is 13.0. The summed E-state index contributed by atoms with van der Waals surface area (Å²) >= 11 is 18.3. The number of piperidine rings is 1. The van der Waals surface area contributed by atoms with Crippen LogP contribution in [0.1, 0.15) is 28.8 Å². The lowest BCUT2D eigenvalue weighted by Gasteiger charge is -2.31. The van der Waals surface area contributed by atoms with E-state index in [-0.39, 0.29) is 38.8 Å². The van der Waals surface area contributed by atoms with Crippen LogP contribution in [0.15, 0.2) is 36.4 Å². The maximum absolute atomic E-state index is 13.0. The van der Waals surface area contributed by atoms with E-state index in [1.807, 2.05) is 0 Å². The number of rotatable bonds is 6. The summed E-state index contributed by atoms with van der Waals surface area (Å²) in [5.74, 6) is -1.88. The third-order valence-corrected chi connectivity index (χ3v) is 7.99. The largest absolute Gasteiger partial charge is 0.465 e. The number of ether oxygens (including phenoxy) is 1. The fraction of sp³-hybridized carbons (Fsp3) is 0.333. The molecule has 7 nitrogen and oxygen atoms in total. The highest BCUT2D eigenvalue weighted by Gasteiger charge is 2.33. The Morgan fingerprint density at radius 1 is 1.12 bits per heavy atom. The van der Waals surface area contributed by atoms with Crippen LogP contribution in [0.25, 0.3) is 0 Å². The van der Waals surface area contributed by atoms with E-state index in [9.17, 15) is 18.0 Å². The van der Waals surface area contributed by atoms with E-state index in [0.717, 1.165) is 0 Å². The van der Waals surface area contributed by atoms with Crippen LogP contribution < -0.4 is 5.32 Å². The van der Waals surface area contributed by atoms with Crippen molar-refractivity contribution in [2.45, 2.75) is 18.6 Å². The molecular formula is C21H21Cl3N2O5S. The molecule has 2 aromatic rings. The summed E-state index contributed by atoms with van der Waals surface area (Å²) in [5, 5.41) is 3.48. The minimum Gasteiger partial charge on any atom is -0.465 e. The zero-order valence-corrected chi connectivity index (χ0v) is 20.2. The Bertz CT molecular complexity index is 1120. The first-order valence-corrected chi connectivity index (χ1v) is 12.5. The van der Waals surface area contributed by atoms with Crippen LogP contribution in [0.3, 0.4) is 0 Å². The maximum Gasteiger partial charge on any atom is 0.339 e. The molecule has 1 saturated heterocycles. The second-order valence-electron chi connectivity index (χ2n) is 7.33. The standard InChI is InChI=1S/C21H21Cl3N2O5S/c1-31-21(28)15-10-14(7-8-19(15)24)25-20(27)13-4-3-9-26(11-13)32(29,30)12-16-17(22)5-2-6-18(16)23/h2,5-8,10,13H,3-4,9,11-12H2,1H3,(H,25,27). The van der Waals surface area contributed by atoms with Crippen LogP contribution in [0.4, 0.5) is 5.69 Å². The molecule has 1 fully saturated rings. The predicted octanol–water partition coefficient (Wildman–Crippen LogP) is 4.61. The molecule has 0 saturated carbocycles. The number of nitrogens with one attached hydrogen (secondary N) is 1. The number of methoxy groups -OCH3 is 1. The number of halogens is 3. The Kier molecular flexibility index (Phi) is 8.06. The lowest BCUT2D eigenvalue weighted by atomic mass is 9.98. The molecule has 32 heavy (non-hydrogen) atoms. The highest BCUT2D eigenvalue weighted by molar-refractivity contribution is 7.88. The Morgan fingerprint density at radius 2 is 1.81 bits per heavy atom. The number of carbonyl (C=O) groups is 2. The monoisotopic (exact) mass is 518 g/mol. The highest BCUT2D eigenvalue weighted by Crippen LogP contribution is 2.29. The van der Waals surface area contributed by atoms with Crippen molar-refractivity contribution in [2.75, 3.05) is 25.5 Å². The molecule has 3 rings (SSSR count). The van der Waals surface area contributed by atoms with E-state index in [4.69, 9.17) is 34.8 Å². The van der Waals surface area contributed by atoms with Crippen LogP contribution in [0.2, 0.25) is 15.1 Å². The lowest BCUT2D eigenvalue weighted by molar-refractivity contribution is -0.120. The molecule has 0 radical (unpaired) electrons. The first-order valence-electron chi connectivity index (χ1n) is 9.72. The van der Waals surface area contributed by atoms with Gasteiger partial charge in [0, 0.05) is 34.4 Å². The quantitative estimate of drug-likeness (QED) is 0.563. The average molecular weight is 520 g/mol.